The summed E-state index contributed by atoms with van der Waals surface area (Å²) >= 11 is 0. The molecule has 1 aliphatic heterocycles. The summed E-state index contributed by atoms with van der Waals surface area (Å²) in [6.45, 7) is 6.54. The van der Waals surface area contributed by atoms with Gasteiger partial charge in [-0.2, -0.15) is 18.7 Å². The van der Waals surface area contributed by atoms with Crippen LogP contribution >= 0.6 is 0 Å². The Morgan fingerprint density at radius 3 is 2.04 bits per heavy atom. The Morgan fingerprint density at radius 2 is 1.51 bits per heavy atom. The molecule has 1 saturated heterocycles. The second-order valence-electron chi connectivity index (χ2n) is 11.2. The van der Waals surface area contributed by atoms with Crippen molar-refractivity contribution in [2.75, 3.05) is 45.0 Å². The Bertz CT molecular complexity index is 1670. The first kappa shape index (κ1) is 32.2. The van der Waals surface area contributed by atoms with Crippen LogP contribution in [-0.2, 0) is 29.7 Å². The van der Waals surface area contributed by atoms with Crippen LogP contribution in [0.5, 0.6) is 11.5 Å². The fourth-order valence-corrected chi connectivity index (χ4v) is 6.20. The lowest BCUT2D eigenvalue weighted by atomic mass is 10.1. The van der Waals surface area contributed by atoms with Gasteiger partial charge in [-0.1, -0.05) is 24.3 Å². The predicted octanol–water partition coefficient (Wildman–Crippen LogP) is 4.07. The van der Waals surface area contributed by atoms with E-state index in [-0.39, 0.29) is 17.4 Å². The van der Waals surface area contributed by atoms with Crippen molar-refractivity contribution in [3.8, 4) is 22.9 Å². The second-order valence-corrected chi connectivity index (χ2v) is 13.2. The standard InChI is InChI=1S/C32H38FN7O4S/c1-22-18-40(45(5,41)42)15-14-38(22)21-26-16-29(30(33)34-17-26)31-35-23(2)36-32(37-31)39(19-24-6-10-27(43-3)11-7-24)20-25-8-12-28(44-4)13-9-25/h6-13,16-17,22H,14-15,18-21H2,1-5H3/t22-/m1/s1. The van der Waals surface area contributed by atoms with Crippen molar-refractivity contribution in [1.29, 1.82) is 0 Å². The van der Waals surface area contributed by atoms with Crippen LogP contribution in [0.2, 0.25) is 0 Å². The van der Waals surface area contributed by atoms with Crippen molar-refractivity contribution in [2.45, 2.75) is 39.5 Å². The van der Waals surface area contributed by atoms with Crippen LogP contribution in [0.4, 0.5) is 10.3 Å². The molecule has 2 aromatic heterocycles. The molecule has 238 valence electrons. The molecular formula is C32H38FN7O4S. The Morgan fingerprint density at radius 1 is 0.911 bits per heavy atom. The van der Waals surface area contributed by atoms with Crippen LogP contribution in [0.3, 0.4) is 0 Å². The van der Waals surface area contributed by atoms with Gasteiger partial charge in [-0.15, -0.1) is 0 Å². The topological polar surface area (TPSA) is 114 Å². The largest absolute Gasteiger partial charge is 0.497 e. The van der Waals surface area contributed by atoms with E-state index in [1.165, 1.54) is 16.8 Å². The number of pyridine rings is 1. The molecular weight excluding hydrogens is 597 g/mol. The van der Waals surface area contributed by atoms with Crippen molar-refractivity contribution in [3.63, 3.8) is 0 Å². The van der Waals surface area contributed by atoms with Crippen LogP contribution in [0, 0.1) is 12.9 Å². The lowest BCUT2D eigenvalue weighted by molar-refractivity contribution is 0.122. The molecule has 0 N–H and O–H groups in total. The Labute approximate surface area is 263 Å². The summed E-state index contributed by atoms with van der Waals surface area (Å²) in [5.41, 5.74) is 2.99. The molecule has 3 heterocycles. The number of rotatable bonds is 11. The van der Waals surface area contributed by atoms with Gasteiger partial charge in [0.15, 0.2) is 5.82 Å². The van der Waals surface area contributed by atoms with Crippen molar-refractivity contribution in [3.05, 3.63) is 89.3 Å². The van der Waals surface area contributed by atoms with E-state index in [4.69, 9.17) is 14.5 Å². The van der Waals surface area contributed by atoms with Crippen LogP contribution < -0.4 is 14.4 Å². The highest BCUT2D eigenvalue weighted by Crippen LogP contribution is 2.26. The maximum Gasteiger partial charge on any atom is 0.229 e. The number of hydrogen-bond donors (Lipinski definition) is 0. The number of anilines is 1. The average molecular weight is 636 g/mol. The molecule has 0 aliphatic carbocycles. The number of halogens is 1. The zero-order valence-electron chi connectivity index (χ0n) is 26.1. The summed E-state index contributed by atoms with van der Waals surface area (Å²) in [7, 11) is -0.00293. The zero-order valence-corrected chi connectivity index (χ0v) is 27.0. The smallest absolute Gasteiger partial charge is 0.229 e. The van der Waals surface area contributed by atoms with Crippen molar-refractivity contribution in [2.24, 2.45) is 0 Å². The van der Waals surface area contributed by atoms with Gasteiger partial charge in [0.1, 0.15) is 17.3 Å². The lowest BCUT2D eigenvalue weighted by Crippen LogP contribution is -2.52. The molecule has 0 unspecified atom stereocenters. The summed E-state index contributed by atoms with van der Waals surface area (Å²) in [6.07, 6.45) is 2.73. The normalized spacial score (nSPS) is 16.0. The van der Waals surface area contributed by atoms with Gasteiger partial charge in [0.2, 0.25) is 21.9 Å². The molecule has 1 fully saturated rings. The molecule has 11 nitrogen and oxygen atoms in total. The Hall–Kier alpha value is -4.20. The predicted molar refractivity (Wildman–Crippen MR) is 170 cm³/mol. The maximum absolute atomic E-state index is 15.3. The summed E-state index contributed by atoms with van der Waals surface area (Å²) in [5.74, 6) is 1.87. The van der Waals surface area contributed by atoms with E-state index in [9.17, 15) is 8.42 Å². The second kappa shape index (κ2) is 13.8. The minimum absolute atomic E-state index is 0.0162. The van der Waals surface area contributed by atoms with Crippen LogP contribution in [-0.4, -0.2) is 83.7 Å². The number of nitrogens with zero attached hydrogens (tertiary/aromatic N) is 7. The first-order valence-electron chi connectivity index (χ1n) is 14.6. The van der Waals surface area contributed by atoms with E-state index >= 15 is 4.39 Å². The fourth-order valence-electron chi connectivity index (χ4n) is 5.30. The Kier molecular flexibility index (Phi) is 9.90. The number of hydrogen-bond acceptors (Lipinski definition) is 10. The van der Waals surface area contributed by atoms with Gasteiger partial charge in [-0.3, -0.25) is 4.90 Å². The maximum atomic E-state index is 15.3. The lowest BCUT2D eigenvalue weighted by Gasteiger charge is -2.38. The van der Waals surface area contributed by atoms with Gasteiger partial charge in [0.05, 0.1) is 26.0 Å². The van der Waals surface area contributed by atoms with Crippen LogP contribution in [0.15, 0.2) is 60.8 Å². The third-order valence-electron chi connectivity index (χ3n) is 7.80. The van der Waals surface area contributed by atoms with Crippen LogP contribution in [0.25, 0.3) is 11.4 Å². The summed E-state index contributed by atoms with van der Waals surface area (Å²) in [4.78, 5) is 22.1. The third-order valence-corrected chi connectivity index (χ3v) is 9.07. The van der Waals surface area contributed by atoms with E-state index < -0.39 is 16.0 Å². The first-order valence-corrected chi connectivity index (χ1v) is 16.4. The van der Waals surface area contributed by atoms with Gasteiger partial charge in [-0.05, 0) is 60.9 Å². The molecule has 0 spiro atoms. The molecule has 0 bridgehead atoms. The molecule has 0 saturated carbocycles. The third kappa shape index (κ3) is 8.10. The Balaban J connectivity index is 1.44. The van der Waals surface area contributed by atoms with Crippen LogP contribution in [0.1, 0.15) is 29.4 Å². The van der Waals surface area contributed by atoms with Gasteiger partial charge in [0.25, 0.3) is 0 Å². The number of aryl methyl sites for hydroxylation is 1. The quantitative estimate of drug-likeness (QED) is 0.224. The molecule has 45 heavy (non-hydrogen) atoms. The van der Waals surface area contributed by atoms with Gasteiger partial charge in [0, 0.05) is 51.5 Å². The van der Waals surface area contributed by atoms with E-state index in [2.05, 4.69) is 19.9 Å². The first-order chi connectivity index (χ1) is 21.5. The summed E-state index contributed by atoms with van der Waals surface area (Å²) in [6, 6.07) is 17.2. The van der Waals surface area contributed by atoms with E-state index in [0.29, 0.717) is 51.0 Å². The SMILES string of the molecule is COc1ccc(CN(Cc2ccc(OC)cc2)c2nc(C)nc(-c3cc(CN4CCN(S(C)(=O)=O)C[C@H]4C)cnc3F)n2)cc1. The molecule has 0 radical (unpaired) electrons. The number of sulfonamides is 1. The highest BCUT2D eigenvalue weighted by atomic mass is 32.2. The molecule has 0 amide bonds. The minimum atomic E-state index is -3.26. The average Bonchev–Trinajstić information content (AvgIpc) is 3.02. The molecule has 2 aromatic carbocycles. The number of piperazine rings is 1. The molecule has 1 aliphatic rings. The number of aromatic nitrogens is 4. The molecule has 1 atom stereocenters. The number of methoxy groups -OCH3 is 2. The van der Waals surface area contributed by atoms with Crippen molar-refractivity contribution >= 4 is 16.0 Å². The molecule has 13 heteroatoms. The summed E-state index contributed by atoms with van der Waals surface area (Å²) < 4.78 is 51.4. The highest BCUT2D eigenvalue weighted by Gasteiger charge is 2.29. The van der Waals surface area contributed by atoms with Gasteiger partial charge < -0.3 is 14.4 Å². The molecule has 5 rings (SSSR count). The highest BCUT2D eigenvalue weighted by molar-refractivity contribution is 7.88. The van der Waals surface area contributed by atoms with Gasteiger partial charge in [-0.25, -0.2) is 18.4 Å². The fraction of sp³-hybridized carbons (Fsp3) is 0.375. The zero-order chi connectivity index (χ0) is 32.1. The van der Waals surface area contributed by atoms with E-state index in [0.717, 1.165) is 28.2 Å². The van der Waals surface area contributed by atoms with Crippen molar-refractivity contribution < 1.29 is 22.3 Å². The van der Waals surface area contributed by atoms with E-state index in [1.807, 2.05) is 60.4 Å². The number of benzene rings is 2. The molecule has 4 aromatic rings. The minimum Gasteiger partial charge on any atom is -0.497 e. The van der Waals surface area contributed by atoms with Gasteiger partial charge >= 0.3 is 0 Å². The number of ether oxygens (including phenoxy) is 2. The monoisotopic (exact) mass is 635 g/mol. The van der Waals surface area contributed by atoms with Crippen molar-refractivity contribution in [1.82, 2.24) is 29.1 Å². The summed E-state index contributed by atoms with van der Waals surface area (Å²) in [5, 5.41) is 0. The van der Waals surface area contributed by atoms with E-state index in [1.54, 1.807) is 27.2 Å².